The molecular formula is C23H27N3O4S. The standard InChI is InChI=1S/C23H27N3O4S/c1-16-7-9-17(10-8-16)23(28)26-13-3-4-18(15-26)22(27)24-20-5-2-6-21(14-20)31(29,30)25-19-11-12-19/h2,5-10,14,18-19,25H,3-4,11-13,15H2,1H3,(H,24,27). The zero-order chi connectivity index (χ0) is 22.0. The predicted octanol–water partition coefficient (Wildman–Crippen LogP) is 2.93. The zero-order valence-corrected chi connectivity index (χ0v) is 18.3. The average Bonchev–Trinajstić information content (AvgIpc) is 3.57. The second-order valence-electron chi connectivity index (χ2n) is 8.37. The normalized spacial score (nSPS) is 19.1. The van der Waals surface area contributed by atoms with Crippen LogP contribution >= 0.6 is 0 Å². The molecule has 8 heteroatoms. The number of benzene rings is 2. The third-order valence-electron chi connectivity index (χ3n) is 5.69. The number of nitrogens with zero attached hydrogens (tertiary/aromatic N) is 1. The fourth-order valence-electron chi connectivity index (χ4n) is 3.73. The van der Waals surface area contributed by atoms with Gasteiger partial charge in [-0.2, -0.15) is 0 Å². The molecule has 4 rings (SSSR count). The third-order valence-corrected chi connectivity index (χ3v) is 7.21. The van der Waals surface area contributed by atoms with E-state index in [1.54, 1.807) is 17.0 Å². The monoisotopic (exact) mass is 441 g/mol. The van der Waals surface area contributed by atoms with Crippen molar-refractivity contribution < 1.29 is 18.0 Å². The number of piperidine rings is 1. The van der Waals surface area contributed by atoms with Crippen molar-refractivity contribution in [2.75, 3.05) is 18.4 Å². The molecule has 2 fully saturated rings. The Morgan fingerprint density at radius 2 is 1.77 bits per heavy atom. The summed E-state index contributed by atoms with van der Waals surface area (Å²) in [6.07, 6.45) is 3.14. The van der Waals surface area contributed by atoms with Gasteiger partial charge >= 0.3 is 0 Å². The molecule has 1 atom stereocenters. The van der Waals surface area contributed by atoms with Crippen LogP contribution in [0.1, 0.15) is 41.6 Å². The molecule has 7 nitrogen and oxygen atoms in total. The van der Waals surface area contributed by atoms with Crippen LogP contribution in [-0.2, 0) is 14.8 Å². The van der Waals surface area contributed by atoms with E-state index in [4.69, 9.17) is 0 Å². The molecule has 1 unspecified atom stereocenters. The smallest absolute Gasteiger partial charge is 0.253 e. The SMILES string of the molecule is Cc1ccc(C(=O)N2CCCC(C(=O)Nc3cccc(S(=O)(=O)NC4CC4)c3)C2)cc1. The van der Waals surface area contributed by atoms with Crippen molar-refractivity contribution in [3.05, 3.63) is 59.7 Å². The number of aryl methyl sites for hydroxylation is 1. The van der Waals surface area contributed by atoms with E-state index in [1.165, 1.54) is 12.1 Å². The maximum atomic E-state index is 12.9. The summed E-state index contributed by atoms with van der Waals surface area (Å²) in [6, 6.07) is 13.7. The maximum Gasteiger partial charge on any atom is 0.253 e. The van der Waals surface area contributed by atoms with Gasteiger partial charge in [-0.3, -0.25) is 9.59 Å². The van der Waals surface area contributed by atoms with Gasteiger partial charge in [-0.25, -0.2) is 13.1 Å². The molecule has 2 aromatic rings. The van der Waals surface area contributed by atoms with E-state index in [0.717, 1.165) is 24.8 Å². The Kier molecular flexibility index (Phi) is 6.11. The fourth-order valence-corrected chi connectivity index (χ4v) is 5.08. The lowest BCUT2D eigenvalue weighted by Gasteiger charge is -2.32. The summed E-state index contributed by atoms with van der Waals surface area (Å²) in [5.74, 6) is -0.615. The summed E-state index contributed by atoms with van der Waals surface area (Å²) in [4.78, 5) is 27.5. The van der Waals surface area contributed by atoms with Gasteiger partial charge < -0.3 is 10.2 Å². The van der Waals surface area contributed by atoms with Gasteiger partial charge in [-0.1, -0.05) is 23.8 Å². The van der Waals surface area contributed by atoms with Crippen LogP contribution in [0.2, 0.25) is 0 Å². The van der Waals surface area contributed by atoms with Crippen LogP contribution in [0.5, 0.6) is 0 Å². The lowest BCUT2D eigenvalue weighted by Crippen LogP contribution is -2.43. The minimum Gasteiger partial charge on any atom is -0.338 e. The first-order valence-electron chi connectivity index (χ1n) is 10.6. The number of likely N-dealkylation sites (tertiary alicyclic amines) is 1. The highest BCUT2D eigenvalue weighted by molar-refractivity contribution is 7.89. The molecule has 2 N–H and O–H groups in total. The van der Waals surface area contributed by atoms with Crippen LogP contribution in [0.4, 0.5) is 5.69 Å². The lowest BCUT2D eigenvalue weighted by molar-refractivity contribution is -0.121. The molecule has 1 aliphatic heterocycles. The Morgan fingerprint density at radius 3 is 2.48 bits per heavy atom. The molecule has 1 saturated heterocycles. The van der Waals surface area contributed by atoms with E-state index in [2.05, 4.69) is 10.0 Å². The van der Waals surface area contributed by atoms with Gasteiger partial charge in [-0.05, 0) is 62.9 Å². The first-order valence-corrected chi connectivity index (χ1v) is 12.1. The summed E-state index contributed by atoms with van der Waals surface area (Å²) in [5, 5.41) is 2.83. The molecule has 2 aliphatic rings. The molecule has 1 heterocycles. The van der Waals surface area contributed by atoms with Gasteiger partial charge in [-0.15, -0.1) is 0 Å². The minimum atomic E-state index is -3.59. The van der Waals surface area contributed by atoms with Crippen LogP contribution in [0.25, 0.3) is 0 Å². The summed E-state index contributed by atoms with van der Waals surface area (Å²) in [5.41, 5.74) is 2.14. The van der Waals surface area contributed by atoms with Crippen LogP contribution < -0.4 is 10.0 Å². The number of anilines is 1. The van der Waals surface area contributed by atoms with Crippen molar-refractivity contribution in [3.8, 4) is 0 Å². The molecule has 164 valence electrons. The number of nitrogens with one attached hydrogen (secondary N) is 2. The molecule has 0 spiro atoms. The van der Waals surface area contributed by atoms with Crippen molar-refractivity contribution >= 4 is 27.5 Å². The molecule has 0 aromatic heterocycles. The molecule has 31 heavy (non-hydrogen) atoms. The Balaban J connectivity index is 1.41. The van der Waals surface area contributed by atoms with E-state index in [0.29, 0.717) is 30.8 Å². The van der Waals surface area contributed by atoms with E-state index in [9.17, 15) is 18.0 Å². The molecule has 1 aliphatic carbocycles. The summed E-state index contributed by atoms with van der Waals surface area (Å²) < 4.78 is 27.5. The lowest BCUT2D eigenvalue weighted by atomic mass is 9.96. The van der Waals surface area contributed by atoms with E-state index >= 15 is 0 Å². The van der Waals surface area contributed by atoms with Crippen molar-refractivity contribution in [3.63, 3.8) is 0 Å². The average molecular weight is 442 g/mol. The highest BCUT2D eigenvalue weighted by Crippen LogP contribution is 2.24. The highest BCUT2D eigenvalue weighted by atomic mass is 32.2. The quantitative estimate of drug-likeness (QED) is 0.721. The highest BCUT2D eigenvalue weighted by Gasteiger charge is 2.30. The van der Waals surface area contributed by atoms with Crippen LogP contribution in [0.15, 0.2) is 53.4 Å². The first-order chi connectivity index (χ1) is 14.8. The minimum absolute atomic E-state index is 0.0162. The molecule has 0 bridgehead atoms. The Labute approximate surface area is 182 Å². The van der Waals surface area contributed by atoms with Crippen molar-refractivity contribution in [2.24, 2.45) is 5.92 Å². The number of carbonyl (C=O) groups excluding carboxylic acids is 2. The van der Waals surface area contributed by atoms with Crippen molar-refractivity contribution in [1.29, 1.82) is 0 Å². The number of sulfonamides is 1. The molecule has 1 saturated carbocycles. The Hall–Kier alpha value is -2.71. The fraction of sp³-hybridized carbons (Fsp3) is 0.391. The van der Waals surface area contributed by atoms with Gasteiger partial charge in [0.25, 0.3) is 5.91 Å². The van der Waals surface area contributed by atoms with Gasteiger partial charge in [0, 0.05) is 30.4 Å². The third kappa shape index (κ3) is 5.32. The van der Waals surface area contributed by atoms with Crippen LogP contribution in [0, 0.1) is 12.8 Å². The number of amides is 2. The zero-order valence-electron chi connectivity index (χ0n) is 17.5. The summed E-state index contributed by atoms with van der Waals surface area (Å²) in [6.45, 7) is 2.94. The molecule has 0 radical (unpaired) electrons. The number of carbonyl (C=O) groups is 2. The maximum absolute atomic E-state index is 12.9. The van der Waals surface area contributed by atoms with Crippen LogP contribution in [-0.4, -0.2) is 44.3 Å². The largest absolute Gasteiger partial charge is 0.338 e. The second-order valence-corrected chi connectivity index (χ2v) is 10.1. The summed E-state index contributed by atoms with van der Waals surface area (Å²) in [7, 11) is -3.59. The molecule has 2 aromatic carbocycles. The summed E-state index contributed by atoms with van der Waals surface area (Å²) >= 11 is 0. The predicted molar refractivity (Wildman–Crippen MR) is 118 cm³/mol. The van der Waals surface area contributed by atoms with E-state index < -0.39 is 10.0 Å². The van der Waals surface area contributed by atoms with Gasteiger partial charge in [0.2, 0.25) is 15.9 Å². The number of hydrogen-bond acceptors (Lipinski definition) is 4. The van der Waals surface area contributed by atoms with E-state index in [-0.39, 0.29) is 28.7 Å². The number of rotatable bonds is 6. The Morgan fingerprint density at radius 1 is 1.03 bits per heavy atom. The van der Waals surface area contributed by atoms with Gasteiger partial charge in [0.05, 0.1) is 10.8 Å². The second kappa shape index (κ2) is 8.80. The van der Waals surface area contributed by atoms with Crippen molar-refractivity contribution in [1.82, 2.24) is 9.62 Å². The Bertz CT molecular complexity index is 1080. The topological polar surface area (TPSA) is 95.6 Å². The van der Waals surface area contributed by atoms with Gasteiger partial charge in [0.1, 0.15) is 0 Å². The van der Waals surface area contributed by atoms with Crippen molar-refractivity contribution in [2.45, 2.75) is 43.5 Å². The van der Waals surface area contributed by atoms with E-state index in [1.807, 2.05) is 31.2 Å². The number of hydrogen-bond donors (Lipinski definition) is 2. The molecule has 2 amide bonds. The first kappa shape index (κ1) is 21.5. The molecular weight excluding hydrogens is 414 g/mol. The van der Waals surface area contributed by atoms with Gasteiger partial charge in [0.15, 0.2) is 0 Å². The van der Waals surface area contributed by atoms with Crippen LogP contribution in [0.3, 0.4) is 0 Å².